The number of amides is 1. The molecule has 1 amide bonds. The predicted molar refractivity (Wildman–Crippen MR) is 94.5 cm³/mol. The van der Waals surface area contributed by atoms with Crippen LogP contribution in [0.4, 0.5) is 0 Å². The third-order valence-electron chi connectivity index (χ3n) is 4.31. The zero-order valence-corrected chi connectivity index (χ0v) is 14.8. The van der Waals surface area contributed by atoms with E-state index in [0.29, 0.717) is 13.0 Å². The molecule has 2 aliphatic heterocycles. The number of likely N-dealkylation sites (tertiary alicyclic amines) is 1. The van der Waals surface area contributed by atoms with Gasteiger partial charge in [0.2, 0.25) is 5.91 Å². The molecule has 2 saturated heterocycles. The molecule has 0 spiro atoms. The Morgan fingerprint density at radius 3 is 2.68 bits per heavy atom. The van der Waals surface area contributed by atoms with Gasteiger partial charge in [0.1, 0.15) is 0 Å². The topological polar surface area (TPSA) is 56.7 Å². The van der Waals surface area contributed by atoms with Crippen LogP contribution in [-0.4, -0.2) is 60.0 Å². The number of carbonyl (C=O) groups excluding carboxylic acids is 1. The van der Waals surface area contributed by atoms with E-state index in [2.05, 4.69) is 24.5 Å². The largest absolute Gasteiger partial charge is 0.357 e. The number of hydrogen-bond donors (Lipinski definition) is 2. The molecule has 0 aromatic heterocycles. The quantitative estimate of drug-likeness (QED) is 0.578. The second-order valence-electron chi connectivity index (χ2n) is 6.36. The first-order valence-electron chi connectivity index (χ1n) is 8.57. The molecule has 1 atom stereocenters. The van der Waals surface area contributed by atoms with Crippen molar-refractivity contribution in [3.63, 3.8) is 0 Å². The molecule has 0 aromatic rings. The van der Waals surface area contributed by atoms with Crippen LogP contribution in [0.15, 0.2) is 4.99 Å². The summed E-state index contributed by atoms with van der Waals surface area (Å²) in [5.74, 6) is 2.35. The van der Waals surface area contributed by atoms with Crippen LogP contribution in [0.3, 0.4) is 0 Å². The summed E-state index contributed by atoms with van der Waals surface area (Å²) in [5.41, 5.74) is 0. The number of carbonyl (C=O) groups is 1. The van der Waals surface area contributed by atoms with Crippen molar-refractivity contribution >= 4 is 23.6 Å². The van der Waals surface area contributed by atoms with Gasteiger partial charge in [-0.05, 0) is 45.3 Å². The molecule has 2 N–H and O–H groups in total. The molecule has 2 aliphatic rings. The first-order chi connectivity index (χ1) is 10.6. The summed E-state index contributed by atoms with van der Waals surface area (Å²) in [5, 5.41) is 6.57. The Balaban J connectivity index is 1.74. The number of thioether (sulfide) groups is 1. The zero-order chi connectivity index (χ0) is 15.8. The monoisotopic (exact) mass is 326 g/mol. The third kappa shape index (κ3) is 5.38. The van der Waals surface area contributed by atoms with E-state index in [4.69, 9.17) is 4.99 Å². The molecule has 5 nitrogen and oxygen atoms in total. The van der Waals surface area contributed by atoms with Gasteiger partial charge in [-0.3, -0.25) is 9.79 Å². The van der Waals surface area contributed by atoms with Crippen molar-refractivity contribution in [2.45, 2.75) is 50.7 Å². The number of aliphatic imine (C=N–C) groups is 1. The molecule has 22 heavy (non-hydrogen) atoms. The molecule has 0 saturated carbocycles. The fourth-order valence-electron chi connectivity index (χ4n) is 2.96. The van der Waals surface area contributed by atoms with Crippen molar-refractivity contribution in [2.75, 3.05) is 38.5 Å². The maximum Gasteiger partial charge on any atom is 0.224 e. The molecule has 0 aromatic carbocycles. The minimum absolute atomic E-state index is 0.263. The molecule has 0 bridgehead atoms. The first kappa shape index (κ1) is 17.4. The fourth-order valence-corrected chi connectivity index (χ4v) is 4.19. The Morgan fingerprint density at radius 1 is 1.27 bits per heavy atom. The zero-order valence-electron chi connectivity index (χ0n) is 14.0. The molecule has 2 heterocycles. The van der Waals surface area contributed by atoms with Crippen LogP contribution in [0.25, 0.3) is 0 Å². The summed E-state index contributed by atoms with van der Waals surface area (Å²) < 4.78 is 0.285. The summed E-state index contributed by atoms with van der Waals surface area (Å²) in [7, 11) is 0. The fraction of sp³-hybridized carbons (Fsp3) is 0.875. The lowest BCUT2D eigenvalue weighted by Crippen LogP contribution is -2.40. The van der Waals surface area contributed by atoms with Crippen LogP contribution in [-0.2, 0) is 4.79 Å². The van der Waals surface area contributed by atoms with E-state index in [1.165, 1.54) is 18.6 Å². The Morgan fingerprint density at radius 2 is 2.05 bits per heavy atom. The van der Waals surface area contributed by atoms with E-state index in [0.717, 1.165) is 45.0 Å². The smallest absolute Gasteiger partial charge is 0.224 e. The lowest BCUT2D eigenvalue weighted by atomic mass is 10.1. The molecule has 126 valence electrons. The normalized spacial score (nSPS) is 25.5. The van der Waals surface area contributed by atoms with Gasteiger partial charge in [-0.2, -0.15) is 11.8 Å². The molecule has 0 radical (unpaired) electrons. The van der Waals surface area contributed by atoms with Gasteiger partial charge in [0.25, 0.3) is 0 Å². The Labute approximate surface area is 138 Å². The van der Waals surface area contributed by atoms with E-state index in [-0.39, 0.29) is 10.7 Å². The van der Waals surface area contributed by atoms with Crippen molar-refractivity contribution in [2.24, 2.45) is 4.99 Å². The molecule has 2 fully saturated rings. The van der Waals surface area contributed by atoms with Crippen molar-refractivity contribution in [3.8, 4) is 0 Å². The average Bonchev–Trinajstić information content (AvgIpc) is 3.16. The van der Waals surface area contributed by atoms with Crippen LogP contribution in [0, 0.1) is 0 Å². The second-order valence-corrected chi connectivity index (χ2v) is 8.04. The van der Waals surface area contributed by atoms with Crippen LogP contribution >= 0.6 is 11.8 Å². The highest BCUT2D eigenvalue weighted by Gasteiger charge is 2.29. The van der Waals surface area contributed by atoms with Gasteiger partial charge in [-0.25, -0.2) is 0 Å². The standard InChI is InChI=1S/C16H30N4OS/c1-3-17-15(19-13-16(2)8-6-12-22-16)18-9-7-14(21)20-10-4-5-11-20/h3-13H2,1-2H3,(H2,17,18,19). The maximum atomic E-state index is 12.0. The van der Waals surface area contributed by atoms with Crippen molar-refractivity contribution < 1.29 is 4.79 Å². The highest BCUT2D eigenvalue weighted by molar-refractivity contribution is 8.00. The average molecular weight is 327 g/mol. The van der Waals surface area contributed by atoms with Gasteiger partial charge < -0.3 is 15.5 Å². The molecule has 6 heteroatoms. The number of nitrogens with one attached hydrogen (secondary N) is 2. The van der Waals surface area contributed by atoms with Gasteiger partial charge in [0.05, 0.1) is 6.54 Å². The minimum Gasteiger partial charge on any atom is -0.357 e. The highest BCUT2D eigenvalue weighted by Crippen LogP contribution is 2.37. The van der Waals surface area contributed by atoms with E-state index < -0.39 is 0 Å². The summed E-state index contributed by atoms with van der Waals surface area (Å²) in [6.45, 7) is 8.58. The molecular formula is C16H30N4OS. The lowest BCUT2D eigenvalue weighted by Gasteiger charge is -2.21. The highest BCUT2D eigenvalue weighted by atomic mass is 32.2. The van der Waals surface area contributed by atoms with Crippen LogP contribution in [0.2, 0.25) is 0 Å². The van der Waals surface area contributed by atoms with Crippen LogP contribution in [0.1, 0.15) is 46.0 Å². The number of rotatable bonds is 6. The van der Waals surface area contributed by atoms with Crippen molar-refractivity contribution in [3.05, 3.63) is 0 Å². The first-order valence-corrected chi connectivity index (χ1v) is 9.55. The third-order valence-corrected chi connectivity index (χ3v) is 5.83. The summed E-state index contributed by atoms with van der Waals surface area (Å²) in [4.78, 5) is 18.7. The van der Waals surface area contributed by atoms with Gasteiger partial charge in [-0.15, -0.1) is 0 Å². The maximum absolute atomic E-state index is 12.0. The molecule has 1 unspecified atom stereocenters. The summed E-state index contributed by atoms with van der Waals surface area (Å²) >= 11 is 2.03. The van der Waals surface area contributed by atoms with Crippen LogP contribution < -0.4 is 10.6 Å². The summed E-state index contributed by atoms with van der Waals surface area (Å²) in [6, 6.07) is 0. The number of hydrogen-bond acceptors (Lipinski definition) is 3. The SMILES string of the molecule is CCNC(=NCC1(C)CCCS1)NCCC(=O)N1CCCC1. The molecule has 2 rings (SSSR count). The van der Waals surface area contributed by atoms with Gasteiger partial charge in [0, 0.05) is 37.3 Å². The summed E-state index contributed by atoms with van der Waals surface area (Å²) in [6.07, 6.45) is 5.40. The van der Waals surface area contributed by atoms with Crippen molar-refractivity contribution in [1.82, 2.24) is 15.5 Å². The van der Waals surface area contributed by atoms with Gasteiger partial charge in [0.15, 0.2) is 5.96 Å². The minimum atomic E-state index is 0.263. The number of nitrogens with zero attached hydrogens (tertiary/aromatic N) is 2. The Bertz CT molecular complexity index is 388. The number of guanidine groups is 1. The van der Waals surface area contributed by atoms with Crippen LogP contribution in [0.5, 0.6) is 0 Å². The lowest BCUT2D eigenvalue weighted by molar-refractivity contribution is -0.129. The van der Waals surface area contributed by atoms with E-state index in [1.807, 2.05) is 16.7 Å². The van der Waals surface area contributed by atoms with E-state index in [9.17, 15) is 4.79 Å². The van der Waals surface area contributed by atoms with Gasteiger partial charge >= 0.3 is 0 Å². The van der Waals surface area contributed by atoms with E-state index >= 15 is 0 Å². The van der Waals surface area contributed by atoms with Gasteiger partial charge in [-0.1, -0.05) is 0 Å². The second kappa shape index (κ2) is 8.65. The molecular weight excluding hydrogens is 296 g/mol. The molecule has 0 aliphatic carbocycles. The van der Waals surface area contributed by atoms with E-state index in [1.54, 1.807) is 0 Å². The Hall–Kier alpha value is -0.910. The van der Waals surface area contributed by atoms with Crippen molar-refractivity contribution in [1.29, 1.82) is 0 Å². The Kier molecular flexibility index (Phi) is 6.86. The predicted octanol–water partition coefficient (Wildman–Crippen LogP) is 1.84.